The van der Waals surface area contributed by atoms with E-state index in [0.29, 0.717) is 34.6 Å². The highest BCUT2D eigenvalue weighted by molar-refractivity contribution is 6.36. The second kappa shape index (κ2) is 7.10. The number of hydrogen-bond donors (Lipinski definition) is 0. The van der Waals surface area contributed by atoms with E-state index in [0.717, 1.165) is 6.42 Å². The minimum Gasteiger partial charge on any atom is -0.337 e. The summed E-state index contributed by atoms with van der Waals surface area (Å²) in [5.41, 5.74) is 0.467. The Hall–Kier alpha value is -0.440. The van der Waals surface area contributed by atoms with Gasteiger partial charge < -0.3 is 4.90 Å². The van der Waals surface area contributed by atoms with E-state index in [2.05, 4.69) is 0 Å². The molecule has 0 spiro atoms. The zero-order valence-corrected chi connectivity index (χ0v) is 11.8. The minimum absolute atomic E-state index is 0.103. The third kappa shape index (κ3) is 4.06. The first-order chi connectivity index (χ1) is 8.10. The van der Waals surface area contributed by atoms with E-state index in [9.17, 15) is 4.79 Å². The maximum atomic E-state index is 12.2. The molecule has 0 unspecified atom stereocenters. The number of benzene rings is 1. The summed E-state index contributed by atoms with van der Waals surface area (Å²) in [6, 6.07) is 4.87. The lowest BCUT2D eigenvalue weighted by atomic mass is 10.2. The fraction of sp³-hybridized carbons (Fsp3) is 0.417. The lowest BCUT2D eigenvalue weighted by molar-refractivity contribution is 0.0766. The molecule has 5 heteroatoms. The SMILES string of the molecule is CCCN(CCCl)C(=O)c1ccc(Cl)cc1Cl. The van der Waals surface area contributed by atoms with Crippen molar-refractivity contribution in [1.82, 2.24) is 4.90 Å². The first-order valence-electron chi connectivity index (χ1n) is 5.40. The van der Waals surface area contributed by atoms with Crippen molar-refractivity contribution in [2.45, 2.75) is 13.3 Å². The number of carbonyl (C=O) groups is 1. The Bertz CT molecular complexity index is 389. The Balaban J connectivity index is 2.92. The Morgan fingerprint density at radius 1 is 1.29 bits per heavy atom. The Morgan fingerprint density at radius 3 is 2.53 bits per heavy atom. The summed E-state index contributed by atoms with van der Waals surface area (Å²) < 4.78 is 0. The summed E-state index contributed by atoms with van der Waals surface area (Å²) in [4.78, 5) is 13.9. The molecule has 0 bridgehead atoms. The molecule has 0 aliphatic carbocycles. The van der Waals surface area contributed by atoms with E-state index in [-0.39, 0.29) is 5.91 Å². The molecule has 1 aromatic carbocycles. The van der Waals surface area contributed by atoms with Crippen LogP contribution in [0.2, 0.25) is 10.0 Å². The average molecular weight is 295 g/mol. The average Bonchev–Trinajstić information content (AvgIpc) is 2.28. The summed E-state index contributed by atoms with van der Waals surface area (Å²) in [5, 5.41) is 0.893. The van der Waals surface area contributed by atoms with E-state index in [1.165, 1.54) is 0 Å². The quantitative estimate of drug-likeness (QED) is 0.749. The molecule has 0 saturated heterocycles. The van der Waals surface area contributed by atoms with E-state index in [1.807, 2.05) is 6.92 Å². The standard InChI is InChI=1S/C12H14Cl3NO/c1-2-6-16(7-5-13)12(17)10-4-3-9(14)8-11(10)15/h3-4,8H,2,5-7H2,1H3. The van der Waals surface area contributed by atoms with Crippen LogP contribution in [0, 0.1) is 0 Å². The largest absolute Gasteiger partial charge is 0.337 e. The monoisotopic (exact) mass is 293 g/mol. The molecule has 17 heavy (non-hydrogen) atoms. The molecule has 0 aliphatic rings. The molecular formula is C12H14Cl3NO. The highest BCUT2D eigenvalue weighted by Gasteiger charge is 2.17. The van der Waals surface area contributed by atoms with Crippen LogP contribution in [0.3, 0.4) is 0 Å². The Labute approximate surface area is 116 Å². The van der Waals surface area contributed by atoms with E-state index in [1.54, 1.807) is 23.1 Å². The smallest absolute Gasteiger partial charge is 0.255 e. The van der Waals surface area contributed by atoms with Gasteiger partial charge in [0.05, 0.1) is 10.6 Å². The van der Waals surface area contributed by atoms with Crippen molar-refractivity contribution in [2.75, 3.05) is 19.0 Å². The van der Waals surface area contributed by atoms with Gasteiger partial charge in [-0.05, 0) is 24.6 Å². The number of hydrogen-bond acceptors (Lipinski definition) is 1. The van der Waals surface area contributed by atoms with Crippen molar-refractivity contribution in [1.29, 1.82) is 0 Å². The number of rotatable bonds is 5. The van der Waals surface area contributed by atoms with E-state index < -0.39 is 0 Å². The molecule has 0 atom stereocenters. The predicted molar refractivity (Wildman–Crippen MR) is 73.4 cm³/mol. The van der Waals surface area contributed by atoms with Crippen molar-refractivity contribution in [3.8, 4) is 0 Å². The fourth-order valence-corrected chi connectivity index (χ4v) is 2.21. The number of amides is 1. The van der Waals surface area contributed by atoms with Crippen molar-refractivity contribution in [3.05, 3.63) is 33.8 Å². The number of nitrogens with zero attached hydrogens (tertiary/aromatic N) is 1. The molecule has 0 aliphatic heterocycles. The lowest BCUT2D eigenvalue weighted by Crippen LogP contribution is -2.33. The van der Waals surface area contributed by atoms with Gasteiger partial charge in [0.2, 0.25) is 0 Å². The highest BCUT2D eigenvalue weighted by atomic mass is 35.5. The van der Waals surface area contributed by atoms with Crippen LogP contribution in [0.25, 0.3) is 0 Å². The lowest BCUT2D eigenvalue weighted by Gasteiger charge is -2.21. The van der Waals surface area contributed by atoms with Gasteiger partial charge in [-0.1, -0.05) is 30.1 Å². The molecule has 0 N–H and O–H groups in total. The maximum absolute atomic E-state index is 12.2. The molecule has 1 aromatic rings. The summed E-state index contributed by atoms with van der Waals surface area (Å²) in [7, 11) is 0. The molecule has 1 rings (SSSR count). The van der Waals surface area contributed by atoms with Crippen LogP contribution in [0.5, 0.6) is 0 Å². The highest BCUT2D eigenvalue weighted by Crippen LogP contribution is 2.22. The summed E-state index contributed by atoms with van der Waals surface area (Å²) in [5.74, 6) is 0.311. The molecule has 94 valence electrons. The van der Waals surface area contributed by atoms with Crippen LogP contribution in [0.4, 0.5) is 0 Å². The predicted octanol–water partition coefficient (Wildman–Crippen LogP) is 4.08. The molecule has 0 saturated carbocycles. The number of carbonyl (C=O) groups excluding carboxylic acids is 1. The molecule has 0 radical (unpaired) electrons. The van der Waals surface area contributed by atoms with Crippen molar-refractivity contribution in [2.24, 2.45) is 0 Å². The van der Waals surface area contributed by atoms with Gasteiger partial charge in [0.25, 0.3) is 5.91 Å². The van der Waals surface area contributed by atoms with Crippen LogP contribution < -0.4 is 0 Å². The maximum Gasteiger partial charge on any atom is 0.255 e. The Morgan fingerprint density at radius 2 is 2.00 bits per heavy atom. The first kappa shape index (κ1) is 14.6. The molecular weight excluding hydrogens is 280 g/mol. The second-order valence-corrected chi connectivity index (χ2v) is 4.83. The summed E-state index contributed by atoms with van der Waals surface area (Å²) in [6.45, 7) is 3.20. The molecule has 2 nitrogen and oxygen atoms in total. The van der Waals surface area contributed by atoms with E-state index in [4.69, 9.17) is 34.8 Å². The number of halogens is 3. The van der Waals surface area contributed by atoms with Crippen molar-refractivity contribution in [3.63, 3.8) is 0 Å². The van der Waals surface area contributed by atoms with Gasteiger partial charge in [0, 0.05) is 24.0 Å². The topological polar surface area (TPSA) is 20.3 Å². The molecule has 1 amide bonds. The zero-order valence-electron chi connectivity index (χ0n) is 9.55. The molecule has 0 fully saturated rings. The van der Waals surface area contributed by atoms with Crippen LogP contribution in [0.1, 0.15) is 23.7 Å². The van der Waals surface area contributed by atoms with Crippen molar-refractivity contribution >= 4 is 40.7 Å². The minimum atomic E-state index is -0.103. The van der Waals surface area contributed by atoms with Gasteiger partial charge >= 0.3 is 0 Å². The van der Waals surface area contributed by atoms with Gasteiger partial charge in [0.15, 0.2) is 0 Å². The van der Waals surface area contributed by atoms with Crippen LogP contribution in [-0.4, -0.2) is 29.8 Å². The summed E-state index contributed by atoms with van der Waals surface area (Å²) >= 11 is 17.5. The normalized spacial score (nSPS) is 10.4. The van der Waals surface area contributed by atoms with E-state index >= 15 is 0 Å². The van der Waals surface area contributed by atoms with Gasteiger partial charge in [-0.2, -0.15) is 0 Å². The number of alkyl halides is 1. The van der Waals surface area contributed by atoms with Crippen LogP contribution >= 0.6 is 34.8 Å². The third-order valence-corrected chi connectivity index (χ3v) is 3.01. The summed E-state index contributed by atoms with van der Waals surface area (Å²) in [6.07, 6.45) is 0.883. The third-order valence-electron chi connectivity index (χ3n) is 2.30. The first-order valence-corrected chi connectivity index (χ1v) is 6.69. The van der Waals surface area contributed by atoms with Gasteiger partial charge in [-0.25, -0.2) is 0 Å². The van der Waals surface area contributed by atoms with Gasteiger partial charge in [0.1, 0.15) is 0 Å². The van der Waals surface area contributed by atoms with Gasteiger partial charge in [-0.3, -0.25) is 4.79 Å². The molecule has 0 aromatic heterocycles. The Kier molecular flexibility index (Phi) is 6.10. The second-order valence-electron chi connectivity index (χ2n) is 3.61. The van der Waals surface area contributed by atoms with Gasteiger partial charge in [-0.15, -0.1) is 11.6 Å². The molecule has 0 heterocycles. The van der Waals surface area contributed by atoms with Crippen LogP contribution in [-0.2, 0) is 0 Å². The fourth-order valence-electron chi connectivity index (χ4n) is 1.52. The van der Waals surface area contributed by atoms with Crippen molar-refractivity contribution < 1.29 is 4.79 Å². The van der Waals surface area contributed by atoms with Crippen LogP contribution in [0.15, 0.2) is 18.2 Å². The zero-order chi connectivity index (χ0) is 12.8.